The van der Waals surface area contributed by atoms with Crippen LogP contribution in [0, 0.1) is 0 Å². The standard InChI is InChI=1S/C24H22N4O3S/c1-2-30-20-12-8-18(9-13-20)25-24(29)26-19-10-14-21(15-11-19)32-16-22-27-28-23(31-22)17-6-4-3-5-7-17/h3-15H,2,16H2,1H3,(H2,25,26,29). The molecule has 4 rings (SSSR count). The van der Waals surface area contributed by atoms with Gasteiger partial charge in [0.1, 0.15) is 5.75 Å². The van der Waals surface area contributed by atoms with Crippen LogP contribution in [-0.2, 0) is 5.75 Å². The maximum absolute atomic E-state index is 12.2. The molecule has 3 aromatic carbocycles. The van der Waals surface area contributed by atoms with Gasteiger partial charge in [0.2, 0.25) is 11.8 Å². The number of benzene rings is 3. The minimum atomic E-state index is -0.311. The molecule has 0 saturated carbocycles. The summed E-state index contributed by atoms with van der Waals surface area (Å²) in [6, 6.07) is 24.2. The van der Waals surface area contributed by atoms with Crippen LogP contribution in [0.4, 0.5) is 16.2 Å². The second-order valence-corrected chi connectivity index (χ2v) is 7.77. The van der Waals surface area contributed by atoms with E-state index < -0.39 is 0 Å². The molecule has 0 spiro atoms. The summed E-state index contributed by atoms with van der Waals surface area (Å²) < 4.78 is 11.1. The molecular formula is C24H22N4O3S. The highest BCUT2D eigenvalue weighted by molar-refractivity contribution is 7.98. The third-order valence-electron chi connectivity index (χ3n) is 4.39. The Morgan fingerprint density at radius 2 is 1.56 bits per heavy atom. The van der Waals surface area contributed by atoms with Crippen LogP contribution in [-0.4, -0.2) is 22.8 Å². The van der Waals surface area contributed by atoms with Gasteiger partial charge in [0, 0.05) is 21.8 Å². The molecule has 0 saturated heterocycles. The highest BCUT2D eigenvalue weighted by atomic mass is 32.2. The van der Waals surface area contributed by atoms with E-state index in [1.165, 1.54) is 0 Å². The second kappa shape index (κ2) is 10.5. The molecule has 0 aliphatic carbocycles. The Hall–Kier alpha value is -3.78. The van der Waals surface area contributed by atoms with Crippen LogP contribution in [0.2, 0.25) is 0 Å². The number of amides is 2. The molecule has 162 valence electrons. The molecule has 0 unspecified atom stereocenters. The van der Waals surface area contributed by atoms with Crippen LogP contribution in [0.3, 0.4) is 0 Å². The number of nitrogens with zero attached hydrogens (tertiary/aromatic N) is 2. The van der Waals surface area contributed by atoms with Gasteiger partial charge in [-0.1, -0.05) is 18.2 Å². The molecule has 0 atom stereocenters. The van der Waals surface area contributed by atoms with E-state index in [-0.39, 0.29) is 6.03 Å². The van der Waals surface area contributed by atoms with Crippen molar-refractivity contribution in [3.8, 4) is 17.2 Å². The highest BCUT2D eigenvalue weighted by Gasteiger charge is 2.09. The Labute approximate surface area is 190 Å². The molecule has 0 aliphatic rings. The van der Waals surface area contributed by atoms with E-state index in [9.17, 15) is 4.79 Å². The number of rotatable bonds is 8. The topological polar surface area (TPSA) is 89.3 Å². The van der Waals surface area contributed by atoms with Crippen molar-refractivity contribution in [2.45, 2.75) is 17.6 Å². The molecule has 0 fully saturated rings. The lowest BCUT2D eigenvalue weighted by atomic mass is 10.2. The molecule has 1 heterocycles. The first kappa shape index (κ1) is 21.5. The van der Waals surface area contributed by atoms with Crippen molar-refractivity contribution in [2.75, 3.05) is 17.2 Å². The van der Waals surface area contributed by atoms with Crippen LogP contribution in [0.5, 0.6) is 5.75 Å². The summed E-state index contributed by atoms with van der Waals surface area (Å²) in [4.78, 5) is 13.3. The lowest BCUT2D eigenvalue weighted by Crippen LogP contribution is -2.19. The van der Waals surface area contributed by atoms with E-state index in [0.29, 0.717) is 35.5 Å². The fourth-order valence-electron chi connectivity index (χ4n) is 2.88. The summed E-state index contributed by atoms with van der Waals surface area (Å²) in [5.74, 6) is 2.40. The van der Waals surface area contributed by atoms with Crippen LogP contribution in [0.15, 0.2) is 88.2 Å². The van der Waals surface area contributed by atoms with Crippen molar-refractivity contribution in [3.63, 3.8) is 0 Å². The number of carbonyl (C=O) groups is 1. The van der Waals surface area contributed by atoms with Crippen LogP contribution >= 0.6 is 11.8 Å². The quantitative estimate of drug-likeness (QED) is 0.319. The van der Waals surface area contributed by atoms with E-state index in [1.54, 1.807) is 23.9 Å². The summed E-state index contributed by atoms with van der Waals surface area (Å²) in [5, 5.41) is 13.8. The Balaban J connectivity index is 1.27. The number of ether oxygens (including phenoxy) is 1. The fourth-order valence-corrected chi connectivity index (χ4v) is 3.62. The first-order chi connectivity index (χ1) is 15.7. The van der Waals surface area contributed by atoms with Gasteiger partial charge in [-0.3, -0.25) is 0 Å². The van der Waals surface area contributed by atoms with Crippen molar-refractivity contribution in [1.29, 1.82) is 0 Å². The van der Waals surface area contributed by atoms with Gasteiger partial charge in [-0.25, -0.2) is 4.79 Å². The third-order valence-corrected chi connectivity index (χ3v) is 5.38. The maximum Gasteiger partial charge on any atom is 0.323 e. The van der Waals surface area contributed by atoms with Crippen molar-refractivity contribution in [3.05, 3.63) is 84.8 Å². The Morgan fingerprint density at radius 1 is 0.906 bits per heavy atom. The van der Waals surface area contributed by atoms with E-state index in [4.69, 9.17) is 9.15 Å². The summed E-state index contributed by atoms with van der Waals surface area (Å²) in [5.41, 5.74) is 2.28. The zero-order valence-corrected chi connectivity index (χ0v) is 18.3. The smallest absolute Gasteiger partial charge is 0.323 e. The minimum absolute atomic E-state index is 0.311. The van der Waals surface area contributed by atoms with Gasteiger partial charge < -0.3 is 19.8 Å². The molecule has 8 heteroatoms. The number of thioether (sulfide) groups is 1. The van der Waals surface area contributed by atoms with Crippen LogP contribution in [0.1, 0.15) is 12.8 Å². The Kier molecular flexibility index (Phi) is 7.04. The predicted octanol–water partition coefficient (Wildman–Crippen LogP) is 6.07. The average molecular weight is 447 g/mol. The van der Waals surface area contributed by atoms with Gasteiger partial charge in [0.05, 0.1) is 12.4 Å². The zero-order valence-electron chi connectivity index (χ0n) is 17.4. The van der Waals surface area contributed by atoms with E-state index in [2.05, 4.69) is 20.8 Å². The van der Waals surface area contributed by atoms with Gasteiger partial charge in [-0.15, -0.1) is 22.0 Å². The predicted molar refractivity (Wildman–Crippen MR) is 126 cm³/mol. The highest BCUT2D eigenvalue weighted by Crippen LogP contribution is 2.25. The molecule has 4 aromatic rings. The number of hydrogen-bond donors (Lipinski definition) is 2. The number of hydrogen-bond acceptors (Lipinski definition) is 6. The number of nitrogens with one attached hydrogen (secondary N) is 2. The number of aromatic nitrogens is 2. The van der Waals surface area contributed by atoms with Crippen LogP contribution in [0.25, 0.3) is 11.5 Å². The minimum Gasteiger partial charge on any atom is -0.494 e. The molecule has 7 nitrogen and oxygen atoms in total. The molecule has 32 heavy (non-hydrogen) atoms. The van der Waals surface area contributed by atoms with Crippen molar-refractivity contribution in [2.24, 2.45) is 0 Å². The molecule has 2 N–H and O–H groups in total. The Bertz CT molecular complexity index is 1150. The van der Waals surface area contributed by atoms with Gasteiger partial charge in [-0.05, 0) is 67.6 Å². The maximum atomic E-state index is 12.2. The Morgan fingerprint density at radius 3 is 2.22 bits per heavy atom. The monoisotopic (exact) mass is 446 g/mol. The van der Waals surface area contributed by atoms with Gasteiger partial charge in [0.25, 0.3) is 0 Å². The van der Waals surface area contributed by atoms with Crippen molar-refractivity contribution < 1.29 is 13.9 Å². The second-order valence-electron chi connectivity index (χ2n) is 6.72. The SMILES string of the molecule is CCOc1ccc(NC(=O)Nc2ccc(SCc3nnc(-c4ccccc4)o3)cc2)cc1. The fraction of sp³-hybridized carbons (Fsp3) is 0.125. The molecule has 0 radical (unpaired) electrons. The van der Waals surface area contributed by atoms with Crippen molar-refractivity contribution in [1.82, 2.24) is 10.2 Å². The van der Waals surface area contributed by atoms with E-state index in [1.807, 2.05) is 73.7 Å². The lowest BCUT2D eigenvalue weighted by molar-refractivity contribution is 0.262. The summed E-state index contributed by atoms with van der Waals surface area (Å²) in [6.07, 6.45) is 0. The zero-order chi connectivity index (χ0) is 22.2. The molecule has 0 bridgehead atoms. The van der Waals surface area contributed by atoms with E-state index >= 15 is 0 Å². The first-order valence-corrected chi connectivity index (χ1v) is 11.1. The van der Waals surface area contributed by atoms with E-state index in [0.717, 1.165) is 16.2 Å². The normalized spacial score (nSPS) is 10.5. The summed E-state index contributed by atoms with van der Waals surface area (Å²) >= 11 is 1.58. The number of carbonyl (C=O) groups excluding carboxylic acids is 1. The van der Waals surface area contributed by atoms with Crippen molar-refractivity contribution >= 4 is 29.2 Å². The lowest BCUT2D eigenvalue weighted by Gasteiger charge is -2.09. The van der Waals surface area contributed by atoms with Gasteiger partial charge in [0.15, 0.2) is 0 Å². The van der Waals surface area contributed by atoms with Crippen LogP contribution < -0.4 is 15.4 Å². The summed E-state index contributed by atoms with van der Waals surface area (Å²) in [7, 11) is 0. The number of anilines is 2. The molecule has 0 aliphatic heterocycles. The number of urea groups is 1. The largest absolute Gasteiger partial charge is 0.494 e. The van der Waals surface area contributed by atoms with Gasteiger partial charge >= 0.3 is 6.03 Å². The van der Waals surface area contributed by atoms with Gasteiger partial charge in [-0.2, -0.15) is 0 Å². The average Bonchev–Trinajstić information content (AvgIpc) is 3.30. The molecular weight excluding hydrogens is 424 g/mol. The summed E-state index contributed by atoms with van der Waals surface area (Å²) in [6.45, 7) is 2.53. The molecule has 2 amide bonds. The third kappa shape index (κ3) is 5.89. The molecule has 1 aromatic heterocycles. The first-order valence-electron chi connectivity index (χ1n) is 10.1.